The van der Waals surface area contributed by atoms with E-state index in [4.69, 9.17) is 9.47 Å². The molecule has 0 radical (unpaired) electrons. The molecule has 0 amide bonds. The standard InChI is InChI=1S/C15H16N2O3/c1-15(2)13(17-7-6-16-9-17)12-8-10(19-3)4-5-11(12)14(18)20-15/h4-9,13H,1-3H3/t13-/m0/s1. The summed E-state index contributed by atoms with van der Waals surface area (Å²) in [5, 5.41) is 0. The molecule has 0 saturated carbocycles. The summed E-state index contributed by atoms with van der Waals surface area (Å²) in [5.74, 6) is 0.420. The molecule has 1 aromatic carbocycles. The first kappa shape index (κ1) is 12.7. The SMILES string of the molecule is COc1ccc2c(c1)[C@H](n1ccnc1)C(C)(C)OC2=O. The monoisotopic (exact) mass is 272 g/mol. The van der Waals surface area contributed by atoms with E-state index in [2.05, 4.69) is 4.98 Å². The van der Waals surface area contributed by atoms with Gasteiger partial charge in [0.2, 0.25) is 0 Å². The highest BCUT2D eigenvalue weighted by atomic mass is 16.6. The molecule has 2 heterocycles. The molecule has 5 heteroatoms. The van der Waals surface area contributed by atoms with Crippen LogP contribution in [0, 0.1) is 0 Å². The van der Waals surface area contributed by atoms with E-state index in [-0.39, 0.29) is 12.0 Å². The number of carbonyl (C=O) groups excluding carboxylic acids is 1. The van der Waals surface area contributed by atoms with E-state index in [0.717, 1.165) is 11.3 Å². The van der Waals surface area contributed by atoms with Crippen LogP contribution in [0.3, 0.4) is 0 Å². The summed E-state index contributed by atoms with van der Waals surface area (Å²) in [6, 6.07) is 5.27. The van der Waals surface area contributed by atoms with Gasteiger partial charge in [-0.2, -0.15) is 0 Å². The van der Waals surface area contributed by atoms with Gasteiger partial charge in [0.15, 0.2) is 0 Å². The van der Waals surface area contributed by atoms with Crippen molar-refractivity contribution in [3.63, 3.8) is 0 Å². The van der Waals surface area contributed by atoms with Gasteiger partial charge in [0.25, 0.3) is 0 Å². The molecular formula is C15H16N2O3. The van der Waals surface area contributed by atoms with Crippen molar-refractivity contribution in [3.05, 3.63) is 48.0 Å². The van der Waals surface area contributed by atoms with Gasteiger partial charge in [-0.3, -0.25) is 0 Å². The molecule has 1 aromatic heterocycles. The number of nitrogens with zero attached hydrogens (tertiary/aromatic N) is 2. The molecule has 1 aliphatic rings. The molecule has 0 spiro atoms. The van der Waals surface area contributed by atoms with Crippen LogP contribution in [-0.4, -0.2) is 28.2 Å². The Hall–Kier alpha value is -2.30. The number of carbonyl (C=O) groups is 1. The smallest absolute Gasteiger partial charge is 0.339 e. The van der Waals surface area contributed by atoms with Gasteiger partial charge in [-0.1, -0.05) is 0 Å². The Labute approximate surface area is 117 Å². The molecule has 1 aliphatic heterocycles. The minimum absolute atomic E-state index is 0.132. The highest BCUT2D eigenvalue weighted by Crippen LogP contribution is 2.40. The van der Waals surface area contributed by atoms with Crippen LogP contribution in [0.15, 0.2) is 36.9 Å². The highest BCUT2D eigenvalue weighted by molar-refractivity contribution is 5.93. The second-order valence-corrected chi connectivity index (χ2v) is 5.36. The molecule has 0 unspecified atom stereocenters. The van der Waals surface area contributed by atoms with Gasteiger partial charge in [-0.25, -0.2) is 9.78 Å². The van der Waals surface area contributed by atoms with Crippen LogP contribution < -0.4 is 4.74 Å². The number of hydrogen-bond acceptors (Lipinski definition) is 4. The van der Waals surface area contributed by atoms with Crippen molar-refractivity contribution in [3.8, 4) is 5.75 Å². The van der Waals surface area contributed by atoms with E-state index in [0.29, 0.717) is 5.56 Å². The van der Waals surface area contributed by atoms with Crippen molar-refractivity contribution in [1.29, 1.82) is 0 Å². The lowest BCUT2D eigenvalue weighted by Gasteiger charge is -2.39. The van der Waals surface area contributed by atoms with Gasteiger partial charge >= 0.3 is 5.97 Å². The summed E-state index contributed by atoms with van der Waals surface area (Å²) in [5.41, 5.74) is 0.810. The number of ether oxygens (including phenoxy) is 2. The van der Waals surface area contributed by atoms with Crippen molar-refractivity contribution < 1.29 is 14.3 Å². The van der Waals surface area contributed by atoms with Gasteiger partial charge in [0, 0.05) is 12.4 Å². The minimum Gasteiger partial charge on any atom is -0.497 e. The number of rotatable bonds is 2. The average Bonchev–Trinajstić information content (AvgIpc) is 2.90. The summed E-state index contributed by atoms with van der Waals surface area (Å²) >= 11 is 0. The minimum atomic E-state index is -0.656. The molecule has 1 atom stereocenters. The summed E-state index contributed by atoms with van der Waals surface area (Å²) in [6.45, 7) is 3.80. The third-order valence-corrected chi connectivity index (χ3v) is 3.61. The number of benzene rings is 1. The third kappa shape index (κ3) is 1.86. The van der Waals surface area contributed by atoms with E-state index in [1.807, 2.05) is 30.7 Å². The first-order chi connectivity index (χ1) is 9.53. The summed E-state index contributed by atoms with van der Waals surface area (Å²) in [4.78, 5) is 16.2. The second-order valence-electron chi connectivity index (χ2n) is 5.36. The molecular weight excluding hydrogens is 256 g/mol. The van der Waals surface area contributed by atoms with Crippen molar-refractivity contribution in [1.82, 2.24) is 9.55 Å². The lowest BCUT2D eigenvalue weighted by Crippen LogP contribution is -2.43. The Balaban J connectivity index is 2.22. The van der Waals surface area contributed by atoms with Gasteiger partial charge < -0.3 is 14.0 Å². The maximum absolute atomic E-state index is 12.1. The van der Waals surface area contributed by atoms with Crippen LogP contribution in [0.2, 0.25) is 0 Å². The van der Waals surface area contributed by atoms with Crippen LogP contribution in [-0.2, 0) is 4.74 Å². The second kappa shape index (κ2) is 4.37. The van der Waals surface area contributed by atoms with E-state index in [1.54, 1.807) is 31.8 Å². The third-order valence-electron chi connectivity index (χ3n) is 3.61. The van der Waals surface area contributed by atoms with Crippen LogP contribution in [0.25, 0.3) is 0 Å². The van der Waals surface area contributed by atoms with Crippen LogP contribution >= 0.6 is 0 Å². The number of hydrogen-bond donors (Lipinski definition) is 0. The number of methoxy groups -OCH3 is 1. The Kier molecular flexibility index (Phi) is 2.78. The maximum Gasteiger partial charge on any atom is 0.339 e. The van der Waals surface area contributed by atoms with Crippen LogP contribution in [0.5, 0.6) is 5.75 Å². The first-order valence-corrected chi connectivity index (χ1v) is 6.41. The van der Waals surface area contributed by atoms with Gasteiger partial charge in [-0.05, 0) is 37.6 Å². The molecule has 5 nitrogen and oxygen atoms in total. The molecule has 2 aromatic rings. The summed E-state index contributed by atoms with van der Waals surface area (Å²) in [7, 11) is 1.61. The van der Waals surface area contributed by atoms with Gasteiger partial charge in [0.05, 0.1) is 25.0 Å². The van der Waals surface area contributed by atoms with Crippen molar-refractivity contribution in [2.75, 3.05) is 7.11 Å². The Morgan fingerprint density at radius 3 is 2.85 bits per heavy atom. The maximum atomic E-state index is 12.1. The number of fused-ring (bicyclic) bond motifs is 1. The normalized spacial score (nSPS) is 20.1. The predicted octanol–water partition coefficient (Wildman–Crippen LogP) is 2.43. The molecule has 20 heavy (non-hydrogen) atoms. The van der Waals surface area contributed by atoms with Gasteiger partial charge in [0.1, 0.15) is 11.4 Å². The zero-order valence-corrected chi connectivity index (χ0v) is 11.7. The molecule has 0 aliphatic carbocycles. The lowest BCUT2D eigenvalue weighted by molar-refractivity contribution is -0.0261. The largest absolute Gasteiger partial charge is 0.497 e. The molecule has 3 rings (SSSR count). The van der Waals surface area contributed by atoms with Gasteiger partial charge in [-0.15, -0.1) is 0 Å². The number of cyclic esters (lactones) is 1. The zero-order valence-electron chi connectivity index (χ0n) is 11.7. The van der Waals surface area contributed by atoms with E-state index < -0.39 is 5.60 Å². The average molecular weight is 272 g/mol. The fourth-order valence-corrected chi connectivity index (χ4v) is 2.75. The molecule has 0 saturated heterocycles. The number of aromatic nitrogens is 2. The quantitative estimate of drug-likeness (QED) is 0.788. The fraction of sp³-hybridized carbons (Fsp3) is 0.333. The highest BCUT2D eigenvalue weighted by Gasteiger charge is 2.42. The van der Waals surface area contributed by atoms with Crippen molar-refractivity contribution >= 4 is 5.97 Å². The lowest BCUT2D eigenvalue weighted by atomic mass is 9.85. The Morgan fingerprint density at radius 1 is 1.40 bits per heavy atom. The fourth-order valence-electron chi connectivity index (χ4n) is 2.75. The predicted molar refractivity (Wildman–Crippen MR) is 72.9 cm³/mol. The van der Waals surface area contributed by atoms with Crippen LogP contribution in [0.1, 0.15) is 35.8 Å². The van der Waals surface area contributed by atoms with Crippen LogP contribution in [0.4, 0.5) is 0 Å². The van der Waals surface area contributed by atoms with E-state index in [9.17, 15) is 4.79 Å². The summed E-state index contributed by atoms with van der Waals surface area (Å²) in [6.07, 6.45) is 5.32. The zero-order chi connectivity index (χ0) is 14.3. The molecule has 0 bridgehead atoms. The van der Waals surface area contributed by atoms with Crippen molar-refractivity contribution in [2.45, 2.75) is 25.5 Å². The van der Waals surface area contributed by atoms with E-state index >= 15 is 0 Å². The number of imidazole rings is 1. The Bertz CT molecular complexity index is 647. The van der Waals surface area contributed by atoms with E-state index in [1.165, 1.54) is 0 Å². The topological polar surface area (TPSA) is 53.4 Å². The molecule has 104 valence electrons. The number of esters is 1. The molecule has 0 N–H and O–H groups in total. The van der Waals surface area contributed by atoms with Crippen molar-refractivity contribution in [2.24, 2.45) is 0 Å². The molecule has 0 fully saturated rings. The Morgan fingerprint density at radius 2 is 2.20 bits per heavy atom. The first-order valence-electron chi connectivity index (χ1n) is 6.41. The summed E-state index contributed by atoms with van der Waals surface area (Å²) < 4.78 is 12.8.